The van der Waals surface area contributed by atoms with Gasteiger partial charge in [-0.1, -0.05) is 29.8 Å². The van der Waals surface area contributed by atoms with Crippen molar-refractivity contribution in [2.24, 2.45) is 5.92 Å². The maximum absolute atomic E-state index is 12.6. The van der Waals surface area contributed by atoms with Gasteiger partial charge >= 0.3 is 0 Å². The van der Waals surface area contributed by atoms with Crippen molar-refractivity contribution in [2.75, 3.05) is 25.4 Å². The second kappa shape index (κ2) is 5.64. The number of sulfonamides is 1. The molecule has 4 nitrogen and oxygen atoms in total. The standard InChI is InChI=1S/C14H19ClN2O2S/c15-13-4-2-1-3-12(13)14-9-16-7-8-17(14)20(18,19)10-11-5-6-11/h1-4,11,14,16H,5-10H2. The highest BCUT2D eigenvalue weighted by Crippen LogP contribution is 2.35. The highest BCUT2D eigenvalue weighted by atomic mass is 35.5. The molecule has 1 aromatic carbocycles. The minimum atomic E-state index is -3.20. The number of hydrogen-bond acceptors (Lipinski definition) is 3. The first kappa shape index (κ1) is 14.3. The Hall–Kier alpha value is -0.620. The van der Waals surface area contributed by atoms with Gasteiger partial charge in [-0.15, -0.1) is 0 Å². The van der Waals surface area contributed by atoms with Crippen LogP contribution in [0.1, 0.15) is 24.4 Å². The molecule has 1 saturated heterocycles. The van der Waals surface area contributed by atoms with Crippen molar-refractivity contribution >= 4 is 21.6 Å². The number of benzene rings is 1. The van der Waals surface area contributed by atoms with E-state index in [1.54, 1.807) is 4.31 Å². The number of piperazine rings is 1. The molecule has 3 rings (SSSR count). The predicted molar refractivity (Wildman–Crippen MR) is 80.3 cm³/mol. The molecule has 0 bridgehead atoms. The number of rotatable bonds is 4. The molecule has 1 heterocycles. The molecule has 1 aromatic rings. The third kappa shape index (κ3) is 3.01. The molecular weight excluding hydrogens is 296 g/mol. The monoisotopic (exact) mass is 314 g/mol. The zero-order valence-corrected chi connectivity index (χ0v) is 12.8. The molecule has 1 saturated carbocycles. The molecule has 0 aromatic heterocycles. The number of nitrogens with one attached hydrogen (secondary N) is 1. The lowest BCUT2D eigenvalue weighted by molar-refractivity contribution is 0.271. The summed E-state index contributed by atoms with van der Waals surface area (Å²) in [5.74, 6) is 0.648. The number of nitrogens with zero attached hydrogens (tertiary/aromatic N) is 1. The summed E-state index contributed by atoms with van der Waals surface area (Å²) in [6.07, 6.45) is 2.09. The smallest absolute Gasteiger partial charge is 0.215 e. The fraction of sp³-hybridized carbons (Fsp3) is 0.571. The van der Waals surface area contributed by atoms with Crippen molar-refractivity contribution in [1.82, 2.24) is 9.62 Å². The SMILES string of the molecule is O=S(=O)(CC1CC1)N1CCNCC1c1ccccc1Cl. The molecule has 0 amide bonds. The summed E-state index contributed by atoms with van der Waals surface area (Å²) in [7, 11) is -3.20. The largest absolute Gasteiger partial charge is 0.313 e. The van der Waals surface area contributed by atoms with Crippen molar-refractivity contribution < 1.29 is 8.42 Å². The van der Waals surface area contributed by atoms with Crippen molar-refractivity contribution in [2.45, 2.75) is 18.9 Å². The van der Waals surface area contributed by atoms with E-state index in [9.17, 15) is 8.42 Å². The van der Waals surface area contributed by atoms with E-state index in [-0.39, 0.29) is 11.8 Å². The van der Waals surface area contributed by atoms with E-state index in [1.165, 1.54) is 0 Å². The molecule has 20 heavy (non-hydrogen) atoms. The van der Waals surface area contributed by atoms with Crippen LogP contribution in [0.25, 0.3) is 0 Å². The van der Waals surface area contributed by atoms with Gasteiger partial charge in [-0.05, 0) is 30.4 Å². The summed E-state index contributed by atoms with van der Waals surface area (Å²) >= 11 is 6.24. The highest BCUT2D eigenvalue weighted by Gasteiger charge is 2.37. The molecule has 1 N–H and O–H groups in total. The van der Waals surface area contributed by atoms with E-state index in [4.69, 9.17) is 11.6 Å². The minimum Gasteiger partial charge on any atom is -0.313 e. The third-order valence-corrected chi connectivity index (χ3v) is 6.35. The molecule has 1 atom stereocenters. The van der Waals surface area contributed by atoms with Crippen LogP contribution in [0.3, 0.4) is 0 Å². The van der Waals surface area contributed by atoms with Crippen LogP contribution in [-0.2, 0) is 10.0 Å². The Morgan fingerprint density at radius 2 is 2.05 bits per heavy atom. The van der Waals surface area contributed by atoms with E-state index in [2.05, 4.69) is 5.32 Å². The lowest BCUT2D eigenvalue weighted by atomic mass is 10.1. The van der Waals surface area contributed by atoms with Crippen LogP contribution in [0.5, 0.6) is 0 Å². The van der Waals surface area contributed by atoms with Gasteiger partial charge in [0, 0.05) is 24.7 Å². The Morgan fingerprint density at radius 3 is 2.75 bits per heavy atom. The molecule has 2 fully saturated rings. The Bertz CT molecular complexity index is 587. The zero-order valence-electron chi connectivity index (χ0n) is 11.3. The predicted octanol–water partition coefficient (Wildman–Crippen LogP) is 2.03. The third-order valence-electron chi connectivity index (χ3n) is 3.96. The quantitative estimate of drug-likeness (QED) is 0.925. The van der Waals surface area contributed by atoms with Crippen LogP contribution in [0.2, 0.25) is 5.02 Å². The molecule has 110 valence electrons. The molecule has 0 spiro atoms. The van der Waals surface area contributed by atoms with Crippen molar-refractivity contribution in [3.63, 3.8) is 0 Å². The molecule has 2 aliphatic rings. The van der Waals surface area contributed by atoms with Gasteiger partial charge in [0.25, 0.3) is 0 Å². The Morgan fingerprint density at radius 1 is 1.30 bits per heavy atom. The maximum atomic E-state index is 12.6. The normalized spacial score (nSPS) is 24.8. The lowest BCUT2D eigenvalue weighted by Crippen LogP contribution is -2.49. The number of halogens is 1. The lowest BCUT2D eigenvalue weighted by Gasteiger charge is -2.36. The van der Waals surface area contributed by atoms with Crippen molar-refractivity contribution in [3.8, 4) is 0 Å². The molecule has 6 heteroatoms. The summed E-state index contributed by atoms with van der Waals surface area (Å²) in [6, 6.07) is 7.31. The van der Waals surface area contributed by atoms with Gasteiger partial charge in [0.05, 0.1) is 11.8 Å². The first-order chi connectivity index (χ1) is 9.58. The van der Waals surface area contributed by atoms with Crippen LogP contribution in [0, 0.1) is 5.92 Å². The van der Waals surface area contributed by atoms with Gasteiger partial charge in [-0.2, -0.15) is 4.31 Å². The van der Waals surface area contributed by atoms with Gasteiger partial charge in [0.2, 0.25) is 10.0 Å². The minimum absolute atomic E-state index is 0.193. The second-order valence-electron chi connectivity index (χ2n) is 5.57. The average molecular weight is 315 g/mol. The van der Waals surface area contributed by atoms with Crippen molar-refractivity contribution in [1.29, 1.82) is 0 Å². The van der Waals surface area contributed by atoms with Gasteiger partial charge in [-0.3, -0.25) is 0 Å². The molecule has 1 aliphatic heterocycles. The topological polar surface area (TPSA) is 49.4 Å². The summed E-state index contributed by atoms with van der Waals surface area (Å²) in [5, 5.41) is 3.90. The van der Waals surface area contributed by atoms with E-state index in [0.29, 0.717) is 30.6 Å². The summed E-state index contributed by atoms with van der Waals surface area (Å²) in [5.41, 5.74) is 0.890. The van der Waals surface area contributed by atoms with Crippen LogP contribution in [0.15, 0.2) is 24.3 Å². The van der Waals surface area contributed by atoms with Crippen LogP contribution in [0.4, 0.5) is 0 Å². The summed E-state index contributed by atoms with van der Waals surface area (Å²) in [4.78, 5) is 0. The zero-order chi connectivity index (χ0) is 14.2. The van der Waals surface area contributed by atoms with Gasteiger partial charge < -0.3 is 5.32 Å². The molecule has 1 unspecified atom stereocenters. The van der Waals surface area contributed by atoms with E-state index in [1.807, 2.05) is 24.3 Å². The molecule has 0 radical (unpaired) electrons. The second-order valence-corrected chi connectivity index (χ2v) is 7.95. The Balaban J connectivity index is 1.89. The maximum Gasteiger partial charge on any atom is 0.215 e. The molecule has 1 aliphatic carbocycles. The Labute approximate surface area is 125 Å². The van der Waals surface area contributed by atoms with E-state index in [0.717, 1.165) is 18.4 Å². The van der Waals surface area contributed by atoms with Gasteiger partial charge in [0.15, 0.2) is 0 Å². The average Bonchev–Trinajstić information content (AvgIpc) is 3.23. The fourth-order valence-electron chi connectivity index (χ4n) is 2.71. The fourth-order valence-corrected chi connectivity index (χ4v) is 5.03. The van der Waals surface area contributed by atoms with Crippen LogP contribution < -0.4 is 5.32 Å². The number of hydrogen-bond donors (Lipinski definition) is 1. The van der Waals surface area contributed by atoms with Crippen LogP contribution >= 0.6 is 11.6 Å². The van der Waals surface area contributed by atoms with E-state index < -0.39 is 10.0 Å². The summed E-state index contributed by atoms with van der Waals surface area (Å²) < 4.78 is 26.8. The molecular formula is C14H19ClN2O2S. The van der Waals surface area contributed by atoms with Crippen LogP contribution in [-0.4, -0.2) is 38.1 Å². The Kier molecular flexibility index (Phi) is 4.04. The first-order valence-electron chi connectivity index (χ1n) is 7.02. The van der Waals surface area contributed by atoms with Crippen molar-refractivity contribution in [3.05, 3.63) is 34.9 Å². The first-order valence-corrected chi connectivity index (χ1v) is 9.01. The summed E-state index contributed by atoms with van der Waals surface area (Å²) in [6.45, 7) is 1.84. The van der Waals surface area contributed by atoms with E-state index >= 15 is 0 Å². The van der Waals surface area contributed by atoms with Gasteiger partial charge in [0.1, 0.15) is 0 Å². The van der Waals surface area contributed by atoms with Gasteiger partial charge in [-0.25, -0.2) is 8.42 Å². The highest BCUT2D eigenvalue weighted by molar-refractivity contribution is 7.89.